The van der Waals surface area contributed by atoms with Crippen LogP contribution in [-0.2, 0) is 40.8 Å². The van der Waals surface area contributed by atoms with Gasteiger partial charge in [0.15, 0.2) is 16.1 Å². The molecular formula is C94H60F2N6Pd2S2Si2. The molecule has 20 rings (SSSR count). The summed E-state index contributed by atoms with van der Waals surface area (Å²) < 4.78 is 38.3. The van der Waals surface area contributed by atoms with Gasteiger partial charge in [-0.15, -0.1) is 106 Å². The van der Waals surface area contributed by atoms with Crippen LogP contribution in [0.1, 0.15) is 34.6 Å². The van der Waals surface area contributed by atoms with Crippen LogP contribution in [0, 0.1) is 24.3 Å². The minimum Gasteiger partial charge on any atom is -0.319 e. The fraction of sp³-hybridized carbons (Fsp3) is 0.0213. The predicted octanol–water partition coefficient (Wildman–Crippen LogP) is 18.7. The van der Waals surface area contributed by atoms with Gasteiger partial charge in [-0.3, -0.25) is 0 Å². The number of aromatic nitrogens is 4. The van der Waals surface area contributed by atoms with Gasteiger partial charge in [-0.25, -0.2) is 18.7 Å². The first kappa shape index (κ1) is 69.9. The van der Waals surface area contributed by atoms with Gasteiger partial charge in [-0.05, 0) is 95.3 Å². The van der Waals surface area contributed by atoms with E-state index in [4.69, 9.17) is 9.97 Å². The molecule has 2 atom stereocenters. The molecule has 12 aromatic carbocycles. The second-order valence-electron chi connectivity index (χ2n) is 26.4. The third-order valence-electron chi connectivity index (χ3n) is 20.6. The number of hydrogen-bond acceptors (Lipinski definition) is 8. The number of nitrogens with zero attached hydrogens (tertiary/aromatic N) is 6. The Morgan fingerprint density at radius 3 is 1.18 bits per heavy atom. The molecule has 2 unspecified atom stereocenters. The molecule has 0 spiro atoms. The molecule has 0 N–H and O–H groups in total. The average Bonchev–Trinajstić information content (AvgIpc) is 1.13. The third kappa shape index (κ3) is 11.7. The Morgan fingerprint density at radius 2 is 0.694 bits per heavy atom. The smallest absolute Gasteiger partial charge is 0.319 e. The van der Waals surface area contributed by atoms with Gasteiger partial charge in [0, 0.05) is 60.4 Å². The van der Waals surface area contributed by atoms with Crippen LogP contribution in [0.4, 0.5) is 43.2 Å². The summed E-state index contributed by atoms with van der Waals surface area (Å²) in [4.78, 5) is 23.8. The van der Waals surface area contributed by atoms with Crippen molar-refractivity contribution >= 4 is 155 Å². The summed E-state index contributed by atoms with van der Waals surface area (Å²) in [6, 6.07) is 127. The summed E-state index contributed by atoms with van der Waals surface area (Å²) in [6.07, 6.45) is 4.32. The van der Waals surface area contributed by atoms with Crippen LogP contribution in [0.2, 0.25) is 0 Å². The number of fused-ring (bicyclic) bond motifs is 12. The summed E-state index contributed by atoms with van der Waals surface area (Å²) >= 11 is 3.60. The van der Waals surface area contributed by atoms with Crippen LogP contribution < -0.4 is 51.3 Å². The van der Waals surface area contributed by atoms with E-state index in [0.717, 1.165) is 56.9 Å². The second kappa shape index (κ2) is 29.6. The number of rotatable bonds is 12. The molecule has 0 saturated carbocycles. The topological polar surface area (TPSA) is 58.0 Å². The van der Waals surface area contributed by atoms with Crippen molar-refractivity contribution < 1.29 is 49.6 Å². The molecular weight excluding hydrogens is 1580 g/mol. The molecule has 0 amide bonds. The Labute approximate surface area is 662 Å². The number of halogens is 2. The van der Waals surface area contributed by atoms with Crippen molar-refractivity contribution in [3.05, 3.63) is 399 Å². The molecule has 8 heterocycles. The quantitative estimate of drug-likeness (QED) is 0.0897. The maximum Gasteiger partial charge on any atom is 2.00 e. The van der Waals surface area contributed by atoms with Crippen molar-refractivity contribution in [1.29, 1.82) is 0 Å². The van der Waals surface area contributed by atoms with Crippen LogP contribution in [-0.4, -0.2) is 36.1 Å². The van der Waals surface area contributed by atoms with Crippen molar-refractivity contribution in [1.82, 2.24) is 19.9 Å². The van der Waals surface area contributed by atoms with Gasteiger partial charge >= 0.3 is 40.8 Å². The van der Waals surface area contributed by atoms with Gasteiger partial charge in [0.1, 0.15) is 24.0 Å². The minimum atomic E-state index is -2.95. The maximum atomic E-state index is 16.8. The monoisotopic (exact) mass is 1640 g/mol. The van der Waals surface area contributed by atoms with Crippen molar-refractivity contribution in [2.24, 2.45) is 0 Å². The van der Waals surface area contributed by atoms with E-state index in [1.807, 2.05) is 109 Å². The standard InChI is InChI=1S/2C47H30FN3SSi.2Pd/c48-44(33-15-11-14-32(30-33)40-23-9-10-28-49-40)34-16-12-17-35(31-34)51-45-42(27-26-39-38-22-7-8-24-41(38)52-46(39)45)53(36-18-3-1-4-19-36,37-20-5-2-6-21-37)43-25-13-29-50-47(43)51;48-45(33-15-11-14-32(30-33)39-23-9-10-28-49-39)34-16-12-17-35(31-34)51-46-42(27-26-41-44(46)38-22-7-8-24-40(38)52-41)53(36-18-3-1-4-19-36,37-20-5-2-6-21-37)43-25-13-29-50-47(43)51;;/h1-29,44H;1-29,45H;;/q2*-2;2*+2. The molecule has 18 aromatic rings. The maximum absolute atomic E-state index is 16.8. The first-order valence-electron chi connectivity index (χ1n) is 35.3. The normalized spacial score (nSPS) is 13.5. The number of alkyl halides is 2. The first-order chi connectivity index (χ1) is 52.4. The van der Waals surface area contributed by atoms with Gasteiger partial charge in [0.2, 0.25) is 0 Å². The first-order valence-corrected chi connectivity index (χ1v) is 40.9. The molecule has 14 heteroatoms. The minimum absolute atomic E-state index is 0. The molecule has 2 aliphatic heterocycles. The van der Waals surface area contributed by atoms with Gasteiger partial charge in [-0.1, -0.05) is 235 Å². The van der Waals surface area contributed by atoms with Crippen LogP contribution in [0.25, 0.3) is 62.9 Å². The fourth-order valence-electron chi connectivity index (χ4n) is 16.1. The summed E-state index contributed by atoms with van der Waals surface area (Å²) in [7, 11) is -5.89. The van der Waals surface area contributed by atoms with E-state index >= 15 is 8.78 Å². The molecule has 108 heavy (non-hydrogen) atoms. The summed E-state index contributed by atoms with van der Waals surface area (Å²) in [5.41, 5.74) is 8.38. The number of pyridine rings is 4. The average molecular weight is 1640 g/mol. The van der Waals surface area contributed by atoms with Crippen LogP contribution in [0.3, 0.4) is 0 Å². The summed E-state index contributed by atoms with van der Waals surface area (Å²) in [5.74, 6) is 1.69. The van der Waals surface area contributed by atoms with Gasteiger partial charge < -0.3 is 19.8 Å². The Morgan fingerprint density at radius 1 is 0.296 bits per heavy atom. The molecule has 0 aliphatic carbocycles. The molecule has 520 valence electrons. The van der Waals surface area contributed by atoms with Gasteiger partial charge in [0.25, 0.3) is 0 Å². The Bertz CT molecular complexity index is 6240. The molecule has 6 aromatic heterocycles. The van der Waals surface area contributed by atoms with Crippen molar-refractivity contribution in [2.75, 3.05) is 9.80 Å². The molecule has 2 aliphatic rings. The summed E-state index contributed by atoms with van der Waals surface area (Å²) in [6.45, 7) is 0. The molecule has 0 radical (unpaired) electrons. The van der Waals surface area contributed by atoms with Gasteiger partial charge in [-0.2, -0.15) is 36.4 Å². The van der Waals surface area contributed by atoms with E-state index < -0.39 is 28.5 Å². The second-order valence-corrected chi connectivity index (χ2v) is 36.0. The largest absolute Gasteiger partial charge is 2.00 e. The van der Waals surface area contributed by atoms with Crippen molar-refractivity contribution in [3.8, 4) is 22.5 Å². The van der Waals surface area contributed by atoms with Crippen molar-refractivity contribution in [3.63, 3.8) is 0 Å². The van der Waals surface area contributed by atoms with E-state index in [-0.39, 0.29) is 40.8 Å². The number of thiophene rings is 2. The summed E-state index contributed by atoms with van der Waals surface area (Å²) in [5, 5.41) is 14.8. The van der Waals surface area contributed by atoms with Crippen molar-refractivity contribution in [2.45, 2.75) is 12.3 Å². The Kier molecular flexibility index (Phi) is 19.1. The zero-order valence-electron chi connectivity index (χ0n) is 57.5. The Hall–Kier alpha value is -11.1. The van der Waals surface area contributed by atoms with Crippen LogP contribution >= 0.6 is 22.7 Å². The van der Waals surface area contributed by atoms with E-state index in [9.17, 15) is 0 Å². The molecule has 6 nitrogen and oxygen atoms in total. The van der Waals surface area contributed by atoms with Gasteiger partial charge in [0.05, 0.1) is 16.1 Å². The molecule has 0 bridgehead atoms. The zero-order chi connectivity index (χ0) is 70.7. The van der Waals surface area contributed by atoms with Crippen LogP contribution in [0.5, 0.6) is 0 Å². The zero-order valence-corrected chi connectivity index (χ0v) is 64.3. The number of hydrogen-bond donors (Lipinski definition) is 0. The fourth-order valence-corrected chi connectivity index (χ4v) is 28.6. The Balaban J connectivity index is 0.000000155. The predicted molar refractivity (Wildman–Crippen MR) is 439 cm³/mol. The number of benzene rings is 12. The van der Waals surface area contributed by atoms with E-state index in [0.29, 0.717) is 22.3 Å². The molecule has 0 fully saturated rings. The SMILES string of the molecule is FC(c1[c-]c(-c2ccccn2)ccc1)c1[c-]c(N2c3ncccc3[Si](c3ccccc3)(c3ccccc3)c3ccc4c(sc5ccccc54)c32)ccc1.FC(c1[c-]c(-c2ccccn2)ccc1)c1[c-]c(N2c3ncccc3[Si](c3ccccc3)(c3ccccc3)c3ccc4sc5ccccc5c4c32)ccc1.[Pd+2].[Pd+2]. The van der Waals surface area contributed by atoms with E-state index in [1.165, 1.54) is 81.8 Å². The van der Waals surface area contributed by atoms with E-state index in [2.05, 4.69) is 262 Å². The third-order valence-corrected chi connectivity index (χ3v) is 32.6. The van der Waals surface area contributed by atoms with E-state index in [1.54, 1.807) is 47.2 Å². The number of anilines is 6. The molecule has 0 saturated heterocycles. The van der Waals surface area contributed by atoms with Crippen LogP contribution in [0.15, 0.2) is 352 Å².